The average Bonchev–Trinajstić information content (AvgIpc) is 3.35. The Kier molecular flexibility index (Phi) is 5.57. The minimum atomic E-state index is -0.379. The van der Waals surface area contributed by atoms with Crippen molar-refractivity contribution < 1.29 is 9.59 Å². The van der Waals surface area contributed by atoms with Crippen molar-refractivity contribution in [1.82, 2.24) is 19.9 Å². The number of hydrogen-bond donors (Lipinski definition) is 2. The van der Waals surface area contributed by atoms with Gasteiger partial charge in [-0.2, -0.15) is 0 Å². The number of hydrogen-bond acceptors (Lipinski definition) is 3. The molecule has 146 valence electrons. The van der Waals surface area contributed by atoms with Crippen LogP contribution in [0.1, 0.15) is 28.2 Å². The Bertz CT molecular complexity index is 1150. The van der Waals surface area contributed by atoms with Crippen molar-refractivity contribution in [2.45, 2.75) is 19.4 Å². The summed E-state index contributed by atoms with van der Waals surface area (Å²) in [6.45, 7) is 0.476. The van der Waals surface area contributed by atoms with Gasteiger partial charge in [0.05, 0.1) is 0 Å². The van der Waals surface area contributed by atoms with Crippen molar-refractivity contribution >= 4 is 38.6 Å². The van der Waals surface area contributed by atoms with Crippen molar-refractivity contribution in [3.63, 3.8) is 0 Å². The summed E-state index contributed by atoms with van der Waals surface area (Å²) >= 11 is 3.53. The Morgan fingerprint density at radius 3 is 2.72 bits per heavy atom. The first-order valence-corrected chi connectivity index (χ1v) is 10.0. The molecule has 0 atom stereocenters. The van der Waals surface area contributed by atoms with E-state index in [4.69, 9.17) is 0 Å². The Labute approximate surface area is 176 Å². The van der Waals surface area contributed by atoms with Crippen LogP contribution < -0.4 is 5.32 Å². The topological polar surface area (TPSA) is 79.8 Å². The Hall–Kier alpha value is -3.19. The molecule has 6 nitrogen and oxygen atoms in total. The summed E-state index contributed by atoms with van der Waals surface area (Å²) in [5.41, 5.74) is 2.63. The van der Waals surface area contributed by atoms with E-state index in [1.165, 1.54) is 0 Å². The van der Waals surface area contributed by atoms with E-state index in [9.17, 15) is 9.59 Å². The molecule has 2 aromatic heterocycles. The van der Waals surface area contributed by atoms with Crippen LogP contribution in [0, 0.1) is 0 Å². The molecule has 4 aromatic rings. The second-order valence-electron chi connectivity index (χ2n) is 6.72. The van der Waals surface area contributed by atoms with Crippen LogP contribution in [0.15, 0.2) is 71.6 Å². The molecule has 2 heterocycles. The van der Waals surface area contributed by atoms with Gasteiger partial charge in [-0.25, -0.2) is 4.98 Å². The van der Waals surface area contributed by atoms with Gasteiger partial charge in [-0.1, -0.05) is 34.1 Å². The number of fused-ring (bicyclic) bond motifs is 1. The van der Waals surface area contributed by atoms with Gasteiger partial charge in [-0.05, 0) is 35.9 Å². The molecule has 0 aliphatic carbocycles. The predicted molar refractivity (Wildman–Crippen MR) is 115 cm³/mol. The van der Waals surface area contributed by atoms with Crippen LogP contribution in [-0.2, 0) is 17.8 Å². The van der Waals surface area contributed by atoms with E-state index in [1.807, 2.05) is 29.0 Å². The minimum absolute atomic E-state index is 0.207. The highest BCUT2D eigenvalue weighted by atomic mass is 79.9. The maximum atomic E-state index is 12.3. The lowest BCUT2D eigenvalue weighted by molar-refractivity contribution is -0.120. The summed E-state index contributed by atoms with van der Waals surface area (Å²) in [5.74, 6) is 0.205. The van der Waals surface area contributed by atoms with Crippen molar-refractivity contribution in [2.24, 2.45) is 0 Å². The molecule has 0 aliphatic heterocycles. The quantitative estimate of drug-likeness (QED) is 0.464. The van der Waals surface area contributed by atoms with Crippen LogP contribution in [0.3, 0.4) is 0 Å². The fourth-order valence-corrected chi connectivity index (χ4v) is 3.68. The van der Waals surface area contributed by atoms with E-state index in [1.54, 1.807) is 36.7 Å². The van der Waals surface area contributed by atoms with E-state index in [2.05, 4.69) is 37.3 Å². The number of H-pyrrole nitrogens is 1. The third-order valence-corrected chi connectivity index (χ3v) is 5.20. The van der Waals surface area contributed by atoms with E-state index < -0.39 is 0 Å². The first-order chi connectivity index (χ1) is 14.1. The fraction of sp³-hybridized carbons (Fsp3) is 0.136. The van der Waals surface area contributed by atoms with E-state index >= 15 is 0 Å². The summed E-state index contributed by atoms with van der Waals surface area (Å²) in [6.07, 6.45) is 6.47. The van der Waals surface area contributed by atoms with Gasteiger partial charge >= 0.3 is 0 Å². The fourth-order valence-electron chi connectivity index (χ4n) is 3.32. The lowest BCUT2D eigenvalue weighted by Crippen LogP contribution is -2.30. The zero-order chi connectivity index (χ0) is 20.2. The van der Waals surface area contributed by atoms with Crippen LogP contribution in [0.4, 0.5) is 0 Å². The van der Waals surface area contributed by atoms with Crippen LogP contribution in [0.25, 0.3) is 10.9 Å². The molecule has 0 unspecified atom stereocenters. The largest absolute Gasteiger partial charge is 0.348 e. The molecule has 2 amide bonds. The van der Waals surface area contributed by atoms with Gasteiger partial charge in [0.1, 0.15) is 5.82 Å². The van der Waals surface area contributed by atoms with E-state index in [0.29, 0.717) is 18.5 Å². The van der Waals surface area contributed by atoms with Crippen molar-refractivity contribution in [2.75, 3.05) is 0 Å². The monoisotopic (exact) mass is 450 g/mol. The number of imidazole rings is 1. The number of aromatic amines is 1. The number of nitrogens with one attached hydrogen (secondary N) is 2. The molecule has 29 heavy (non-hydrogen) atoms. The maximum Gasteiger partial charge on any atom is 0.257 e. The Balaban J connectivity index is 1.49. The molecule has 2 aromatic carbocycles. The van der Waals surface area contributed by atoms with Gasteiger partial charge in [0.25, 0.3) is 5.91 Å². The summed E-state index contributed by atoms with van der Waals surface area (Å²) < 4.78 is 3.04. The Morgan fingerprint density at radius 2 is 1.97 bits per heavy atom. The summed E-state index contributed by atoms with van der Waals surface area (Å²) in [6, 6.07) is 14.8. The van der Waals surface area contributed by atoms with Crippen LogP contribution in [0.5, 0.6) is 0 Å². The normalized spacial score (nSPS) is 10.9. The molecule has 2 N–H and O–H groups in total. The maximum absolute atomic E-state index is 12.3. The van der Waals surface area contributed by atoms with Crippen LogP contribution in [-0.4, -0.2) is 26.3 Å². The van der Waals surface area contributed by atoms with Gasteiger partial charge in [0, 0.05) is 58.9 Å². The van der Waals surface area contributed by atoms with Crippen LogP contribution in [0.2, 0.25) is 0 Å². The second-order valence-corrected chi connectivity index (χ2v) is 7.63. The van der Waals surface area contributed by atoms with Gasteiger partial charge in [0.15, 0.2) is 0 Å². The first-order valence-electron chi connectivity index (χ1n) is 9.25. The van der Waals surface area contributed by atoms with Gasteiger partial charge < -0.3 is 9.55 Å². The predicted octanol–water partition coefficient (Wildman–Crippen LogP) is 4.06. The number of aryl methyl sites for hydroxylation is 1. The smallest absolute Gasteiger partial charge is 0.257 e. The standard InChI is InChI=1S/C22H19BrN4O2/c23-17-6-7-19-18(13-17)16(12-20-24-9-10-25-20)14-27(19)11-8-21(28)26-22(29)15-4-2-1-3-5-15/h1-7,9-10,13-14H,8,11-12H2,(H,24,25)(H,26,28,29). The zero-order valence-electron chi connectivity index (χ0n) is 15.6. The molecule has 7 heteroatoms. The molecule has 0 saturated heterocycles. The highest BCUT2D eigenvalue weighted by molar-refractivity contribution is 9.10. The molecular weight excluding hydrogens is 432 g/mol. The molecule has 0 fully saturated rings. The number of nitrogens with zero attached hydrogens (tertiary/aromatic N) is 2. The number of rotatable bonds is 6. The number of carbonyl (C=O) groups excluding carboxylic acids is 2. The zero-order valence-corrected chi connectivity index (χ0v) is 17.1. The number of benzene rings is 2. The number of halogens is 1. The molecule has 0 aliphatic rings. The number of imide groups is 1. The second kappa shape index (κ2) is 8.45. The molecule has 0 radical (unpaired) electrons. The van der Waals surface area contributed by atoms with Crippen molar-refractivity contribution in [3.05, 3.63) is 88.5 Å². The first kappa shape index (κ1) is 19.1. The van der Waals surface area contributed by atoms with Gasteiger partial charge in [0.2, 0.25) is 5.91 Å². The molecule has 4 rings (SSSR count). The number of aromatic nitrogens is 3. The van der Waals surface area contributed by atoms with Crippen LogP contribution >= 0.6 is 15.9 Å². The minimum Gasteiger partial charge on any atom is -0.348 e. The highest BCUT2D eigenvalue weighted by Crippen LogP contribution is 2.27. The molecule has 0 spiro atoms. The number of carbonyl (C=O) groups is 2. The van der Waals surface area contributed by atoms with E-state index in [0.717, 1.165) is 26.8 Å². The third kappa shape index (κ3) is 4.46. The lowest BCUT2D eigenvalue weighted by Gasteiger charge is -2.07. The summed E-state index contributed by atoms with van der Waals surface area (Å²) in [4.78, 5) is 31.9. The lowest BCUT2D eigenvalue weighted by atomic mass is 10.1. The van der Waals surface area contributed by atoms with Gasteiger partial charge in [-0.15, -0.1) is 0 Å². The highest BCUT2D eigenvalue weighted by Gasteiger charge is 2.13. The average molecular weight is 451 g/mol. The van der Waals surface area contributed by atoms with Crippen molar-refractivity contribution in [1.29, 1.82) is 0 Å². The molecular formula is C22H19BrN4O2. The Morgan fingerprint density at radius 1 is 1.14 bits per heavy atom. The summed E-state index contributed by atoms with van der Waals surface area (Å²) in [5, 5.41) is 3.56. The molecule has 0 saturated carbocycles. The SMILES string of the molecule is O=C(CCn1cc(Cc2ncc[nH]2)c2cc(Br)ccc21)NC(=O)c1ccccc1. The van der Waals surface area contributed by atoms with Crippen molar-refractivity contribution in [3.8, 4) is 0 Å². The van der Waals surface area contributed by atoms with E-state index in [-0.39, 0.29) is 18.2 Å². The molecule has 0 bridgehead atoms. The summed E-state index contributed by atoms with van der Waals surface area (Å²) in [7, 11) is 0. The number of amides is 2. The van der Waals surface area contributed by atoms with Gasteiger partial charge in [-0.3, -0.25) is 14.9 Å². The third-order valence-electron chi connectivity index (χ3n) is 4.71.